The number of para-hydroxylation sites is 2. The van der Waals surface area contributed by atoms with Crippen molar-refractivity contribution in [1.29, 1.82) is 0 Å². The molecule has 196 valence electrons. The van der Waals surface area contributed by atoms with Crippen LogP contribution in [0.2, 0.25) is 0 Å². The number of carbonyl (C=O) groups is 2. The summed E-state index contributed by atoms with van der Waals surface area (Å²) in [4.78, 5) is 28.9. The standard InChI is InChI=1S/C30H36N2O5/c1-5-22(2)31-30(34)26(19-23-12-7-6-8-13-23)32(20-24-14-11-15-25(18-24)35-3)29(33)21-37-28-17-10-9-16-27(28)36-4/h6-18,22,26H,5,19-21H2,1-4H3,(H,31,34)/t22-,26-/m0/s1. The van der Waals surface area contributed by atoms with E-state index in [1.54, 1.807) is 31.3 Å². The van der Waals surface area contributed by atoms with Crippen LogP contribution in [0.25, 0.3) is 0 Å². The molecule has 0 unspecified atom stereocenters. The molecule has 1 N–H and O–H groups in total. The van der Waals surface area contributed by atoms with Crippen molar-refractivity contribution in [3.63, 3.8) is 0 Å². The number of hydrogen-bond acceptors (Lipinski definition) is 5. The van der Waals surface area contributed by atoms with E-state index in [9.17, 15) is 9.59 Å². The Morgan fingerprint density at radius 3 is 2.22 bits per heavy atom. The van der Waals surface area contributed by atoms with Gasteiger partial charge in [0.25, 0.3) is 5.91 Å². The average molecular weight is 505 g/mol. The van der Waals surface area contributed by atoms with E-state index in [2.05, 4.69) is 5.32 Å². The van der Waals surface area contributed by atoms with Crippen LogP contribution in [0.4, 0.5) is 0 Å². The molecule has 7 nitrogen and oxygen atoms in total. The van der Waals surface area contributed by atoms with E-state index >= 15 is 0 Å². The number of nitrogens with one attached hydrogen (secondary N) is 1. The zero-order chi connectivity index (χ0) is 26.6. The van der Waals surface area contributed by atoms with Crippen LogP contribution in [-0.2, 0) is 22.6 Å². The number of amides is 2. The minimum absolute atomic E-state index is 0.0237. The van der Waals surface area contributed by atoms with Crippen LogP contribution in [0.15, 0.2) is 78.9 Å². The van der Waals surface area contributed by atoms with Crippen molar-refractivity contribution in [3.8, 4) is 17.2 Å². The molecule has 0 fully saturated rings. The Kier molecular flexibility index (Phi) is 10.4. The summed E-state index contributed by atoms with van der Waals surface area (Å²) in [5, 5.41) is 3.07. The van der Waals surface area contributed by atoms with Gasteiger partial charge in [0.2, 0.25) is 5.91 Å². The molecule has 0 aliphatic rings. The van der Waals surface area contributed by atoms with Gasteiger partial charge in [-0.25, -0.2) is 0 Å². The lowest BCUT2D eigenvalue weighted by Gasteiger charge is -2.32. The first kappa shape index (κ1) is 27.6. The first-order chi connectivity index (χ1) is 17.9. The van der Waals surface area contributed by atoms with Crippen LogP contribution in [0.5, 0.6) is 17.2 Å². The quantitative estimate of drug-likeness (QED) is 0.367. The normalized spacial score (nSPS) is 12.2. The summed E-state index contributed by atoms with van der Waals surface area (Å²) in [7, 11) is 3.15. The second-order valence-electron chi connectivity index (χ2n) is 8.84. The average Bonchev–Trinajstić information content (AvgIpc) is 2.94. The number of rotatable bonds is 13. The topological polar surface area (TPSA) is 77.1 Å². The van der Waals surface area contributed by atoms with Crippen LogP contribution in [0.3, 0.4) is 0 Å². The highest BCUT2D eigenvalue weighted by molar-refractivity contribution is 5.88. The third kappa shape index (κ3) is 8.00. The number of ether oxygens (including phenoxy) is 3. The number of nitrogens with zero attached hydrogens (tertiary/aromatic N) is 1. The highest BCUT2D eigenvalue weighted by Gasteiger charge is 2.31. The highest BCUT2D eigenvalue weighted by Crippen LogP contribution is 2.26. The van der Waals surface area contributed by atoms with Gasteiger partial charge in [-0.1, -0.05) is 61.5 Å². The van der Waals surface area contributed by atoms with Gasteiger partial charge in [-0.2, -0.15) is 0 Å². The van der Waals surface area contributed by atoms with Gasteiger partial charge in [-0.05, 0) is 48.7 Å². The fourth-order valence-corrected chi connectivity index (χ4v) is 3.92. The Balaban J connectivity index is 1.94. The molecule has 0 aliphatic carbocycles. The predicted molar refractivity (Wildman–Crippen MR) is 144 cm³/mol. The molecule has 0 heterocycles. The zero-order valence-corrected chi connectivity index (χ0v) is 22.0. The SMILES string of the molecule is CC[C@H](C)NC(=O)[C@H](Cc1ccccc1)N(Cc1cccc(OC)c1)C(=O)COc1ccccc1OC. The number of methoxy groups -OCH3 is 2. The molecule has 2 amide bonds. The summed E-state index contributed by atoms with van der Waals surface area (Å²) >= 11 is 0. The van der Waals surface area contributed by atoms with Gasteiger partial charge in [0, 0.05) is 19.0 Å². The van der Waals surface area contributed by atoms with Crippen molar-refractivity contribution in [2.24, 2.45) is 0 Å². The van der Waals surface area contributed by atoms with Crippen molar-refractivity contribution in [3.05, 3.63) is 90.0 Å². The molecule has 0 aromatic heterocycles. The molecule has 0 radical (unpaired) electrons. The highest BCUT2D eigenvalue weighted by atomic mass is 16.5. The van der Waals surface area contributed by atoms with Gasteiger partial charge < -0.3 is 24.4 Å². The van der Waals surface area contributed by atoms with Crippen LogP contribution >= 0.6 is 0 Å². The van der Waals surface area contributed by atoms with Gasteiger partial charge >= 0.3 is 0 Å². The fraction of sp³-hybridized carbons (Fsp3) is 0.333. The molecule has 2 atom stereocenters. The summed E-state index contributed by atoms with van der Waals surface area (Å²) in [5.74, 6) is 1.16. The monoisotopic (exact) mass is 504 g/mol. The van der Waals surface area contributed by atoms with Crippen molar-refractivity contribution >= 4 is 11.8 Å². The molecular weight excluding hydrogens is 468 g/mol. The van der Waals surface area contributed by atoms with Gasteiger partial charge in [0.15, 0.2) is 18.1 Å². The Morgan fingerprint density at radius 2 is 1.54 bits per heavy atom. The summed E-state index contributed by atoms with van der Waals surface area (Å²) in [6.45, 7) is 3.94. The summed E-state index contributed by atoms with van der Waals surface area (Å²) in [6, 6.07) is 23.6. The molecule has 3 rings (SSSR count). The van der Waals surface area contributed by atoms with E-state index in [0.717, 1.165) is 17.5 Å². The molecule has 0 saturated heterocycles. The lowest BCUT2D eigenvalue weighted by atomic mass is 10.0. The maximum atomic E-state index is 13.7. The lowest BCUT2D eigenvalue weighted by molar-refractivity contribution is -0.143. The molecular formula is C30H36N2O5. The molecule has 7 heteroatoms. The van der Waals surface area contributed by atoms with Gasteiger partial charge in [0.05, 0.1) is 14.2 Å². The van der Waals surface area contributed by atoms with Gasteiger partial charge in [0.1, 0.15) is 11.8 Å². The Hall–Kier alpha value is -4.00. The lowest BCUT2D eigenvalue weighted by Crippen LogP contribution is -2.53. The van der Waals surface area contributed by atoms with Crippen molar-refractivity contribution < 1.29 is 23.8 Å². The maximum Gasteiger partial charge on any atom is 0.261 e. The minimum atomic E-state index is -0.739. The van der Waals surface area contributed by atoms with Crippen molar-refractivity contribution in [2.75, 3.05) is 20.8 Å². The van der Waals surface area contributed by atoms with Gasteiger partial charge in [-0.15, -0.1) is 0 Å². The summed E-state index contributed by atoms with van der Waals surface area (Å²) in [6.07, 6.45) is 1.15. The largest absolute Gasteiger partial charge is 0.497 e. The van der Waals surface area contributed by atoms with Crippen LogP contribution in [0.1, 0.15) is 31.4 Å². The second-order valence-corrected chi connectivity index (χ2v) is 8.84. The molecule has 0 spiro atoms. The number of carbonyl (C=O) groups excluding carboxylic acids is 2. The smallest absolute Gasteiger partial charge is 0.261 e. The number of benzene rings is 3. The Morgan fingerprint density at radius 1 is 0.865 bits per heavy atom. The first-order valence-electron chi connectivity index (χ1n) is 12.5. The van der Waals surface area contributed by atoms with Crippen LogP contribution in [0, 0.1) is 0 Å². The predicted octanol–water partition coefficient (Wildman–Crippen LogP) is 4.64. The Bertz CT molecular complexity index is 1150. The van der Waals surface area contributed by atoms with E-state index < -0.39 is 6.04 Å². The third-order valence-corrected chi connectivity index (χ3v) is 6.18. The molecule has 0 aliphatic heterocycles. The van der Waals surface area contributed by atoms with Gasteiger partial charge in [-0.3, -0.25) is 9.59 Å². The van der Waals surface area contributed by atoms with E-state index in [1.165, 1.54) is 0 Å². The maximum absolute atomic E-state index is 13.7. The van der Waals surface area contributed by atoms with Crippen molar-refractivity contribution in [1.82, 2.24) is 10.2 Å². The summed E-state index contributed by atoms with van der Waals surface area (Å²) < 4.78 is 16.6. The second kappa shape index (κ2) is 13.9. The Labute approximate surface area is 219 Å². The van der Waals surface area contributed by atoms with E-state index in [0.29, 0.717) is 23.7 Å². The molecule has 0 bridgehead atoms. The molecule has 3 aromatic rings. The molecule has 0 saturated carbocycles. The van der Waals surface area contributed by atoms with E-state index in [1.807, 2.05) is 80.6 Å². The molecule has 3 aromatic carbocycles. The van der Waals surface area contributed by atoms with E-state index in [4.69, 9.17) is 14.2 Å². The number of hydrogen-bond donors (Lipinski definition) is 1. The van der Waals surface area contributed by atoms with Crippen molar-refractivity contribution in [2.45, 2.75) is 45.3 Å². The molecule has 37 heavy (non-hydrogen) atoms. The van der Waals surface area contributed by atoms with Crippen LogP contribution < -0.4 is 19.5 Å². The minimum Gasteiger partial charge on any atom is -0.497 e. The summed E-state index contributed by atoms with van der Waals surface area (Å²) in [5.41, 5.74) is 1.81. The first-order valence-corrected chi connectivity index (χ1v) is 12.5. The third-order valence-electron chi connectivity index (χ3n) is 6.18. The van der Waals surface area contributed by atoms with Crippen LogP contribution in [-0.4, -0.2) is 49.6 Å². The van der Waals surface area contributed by atoms with E-state index in [-0.39, 0.29) is 31.0 Å². The zero-order valence-electron chi connectivity index (χ0n) is 22.0. The fourth-order valence-electron chi connectivity index (χ4n) is 3.92.